The highest BCUT2D eigenvalue weighted by Gasteiger charge is 2.30. The van der Waals surface area contributed by atoms with Gasteiger partial charge < -0.3 is 25.6 Å². The Morgan fingerprint density at radius 1 is 1.25 bits per heavy atom. The zero-order valence-corrected chi connectivity index (χ0v) is 19.8. The minimum absolute atomic E-state index is 0.0502. The summed E-state index contributed by atoms with van der Waals surface area (Å²) in [6.45, 7) is 0.774. The van der Waals surface area contributed by atoms with Gasteiger partial charge in [0.1, 0.15) is 11.7 Å². The number of aromatic hydroxyl groups is 1. The maximum atomic E-state index is 13.2. The summed E-state index contributed by atoms with van der Waals surface area (Å²) in [6, 6.07) is 9.08. The summed E-state index contributed by atoms with van der Waals surface area (Å²) >= 11 is 6.18. The minimum atomic E-state index is -1.36. The number of nitrogens with one attached hydrogen (secondary N) is 2. The number of hydrogen-bond acceptors (Lipinski definition) is 7. The molecular formula is C25H22ClN5O5. The number of nitrogens with zero attached hydrogens (tertiary/aromatic N) is 3. The van der Waals surface area contributed by atoms with E-state index in [1.165, 1.54) is 30.3 Å². The third-order valence-electron chi connectivity index (χ3n) is 5.89. The third kappa shape index (κ3) is 4.55. The zero-order valence-electron chi connectivity index (χ0n) is 19.1. The van der Waals surface area contributed by atoms with E-state index in [0.29, 0.717) is 27.4 Å². The molecule has 0 fully saturated rings. The lowest BCUT2D eigenvalue weighted by Crippen LogP contribution is -2.45. The van der Waals surface area contributed by atoms with Crippen molar-refractivity contribution in [3.05, 3.63) is 79.9 Å². The van der Waals surface area contributed by atoms with Gasteiger partial charge in [0.15, 0.2) is 0 Å². The number of halogens is 1. The van der Waals surface area contributed by atoms with Crippen molar-refractivity contribution in [1.82, 2.24) is 14.9 Å². The Balaban J connectivity index is 1.80. The molecular weight excluding hydrogens is 486 g/mol. The predicted octanol–water partition coefficient (Wildman–Crippen LogP) is 2.03. The number of fused-ring (bicyclic) bond motifs is 1. The number of aliphatic imine (C=N–C) groups is 1. The second-order valence-corrected chi connectivity index (χ2v) is 8.58. The summed E-state index contributed by atoms with van der Waals surface area (Å²) in [4.78, 5) is 33.1. The number of nitriles is 1. The Morgan fingerprint density at radius 2 is 1.94 bits per heavy atom. The van der Waals surface area contributed by atoms with E-state index in [-0.39, 0.29) is 5.69 Å². The van der Waals surface area contributed by atoms with Gasteiger partial charge in [-0.15, -0.1) is 0 Å². The van der Waals surface area contributed by atoms with E-state index in [0.717, 1.165) is 15.7 Å². The van der Waals surface area contributed by atoms with E-state index in [1.54, 1.807) is 18.3 Å². The maximum Gasteiger partial charge on any atom is 0.329 e. The van der Waals surface area contributed by atoms with Crippen LogP contribution in [0.3, 0.4) is 0 Å². The predicted molar refractivity (Wildman–Crippen MR) is 134 cm³/mol. The Hall–Kier alpha value is -4.17. The third-order valence-corrected chi connectivity index (χ3v) is 6.30. The first-order valence-corrected chi connectivity index (χ1v) is 11.3. The molecule has 1 atom stereocenters. The number of allylic oxidation sites excluding steroid dienone is 1. The van der Waals surface area contributed by atoms with Crippen LogP contribution in [0.1, 0.15) is 34.0 Å². The Morgan fingerprint density at radius 3 is 2.58 bits per heavy atom. The highest BCUT2D eigenvalue weighted by atomic mass is 35.5. The second-order valence-electron chi connectivity index (χ2n) is 8.17. The van der Waals surface area contributed by atoms with Crippen LogP contribution in [0.4, 0.5) is 5.69 Å². The van der Waals surface area contributed by atoms with Crippen LogP contribution in [0.25, 0.3) is 11.6 Å². The highest BCUT2D eigenvalue weighted by Crippen LogP contribution is 2.39. The number of carbonyl (C=O) groups excluding carboxylic acids is 1. The molecule has 2 heterocycles. The van der Waals surface area contributed by atoms with E-state index in [4.69, 9.17) is 16.9 Å². The molecule has 0 radical (unpaired) electrons. The van der Waals surface area contributed by atoms with Crippen molar-refractivity contribution in [3.63, 3.8) is 0 Å². The monoisotopic (exact) mass is 507 g/mol. The molecule has 10 nitrogen and oxygen atoms in total. The quantitative estimate of drug-likeness (QED) is 0.328. The summed E-state index contributed by atoms with van der Waals surface area (Å²) in [5.41, 5.74) is 2.79. The van der Waals surface area contributed by atoms with E-state index in [9.17, 15) is 24.9 Å². The Bertz CT molecular complexity index is 1480. The van der Waals surface area contributed by atoms with Crippen molar-refractivity contribution in [2.24, 2.45) is 4.99 Å². The van der Waals surface area contributed by atoms with Crippen molar-refractivity contribution in [3.8, 4) is 11.9 Å². The molecule has 0 bridgehead atoms. The van der Waals surface area contributed by atoms with Crippen LogP contribution in [0.5, 0.6) is 5.88 Å². The standard InChI is InChI=1S/C25H22ClN5O5/c1-13-19(26)7-6-18-16(10-28-21(13)18)8-20-24(35)31(25(36)30-20)22(23(34)29-17(11-32)12-33)15-4-2-14(9-27)3-5-15/h2-8,10,17,22,32-33,35H,11-12H2,1H3,(H,29,34)(H,30,36)/b16-8+. The van der Waals surface area contributed by atoms with Crippen molar-refractivity contribution in [1.29, 1.82) is 5.26 Å². The lowest BCUT2D eigenvalue weighted by atomic mass is 10.0. The summed E-state index contributed by atoms with van der Waals surface area (Å²) in [5, 5.41) is 41.9. The van der Waals surface area contributed by atoms with E-state index < -0.39 is 42.8 Å². The lowest BCUT2D eigenvalue weighted by Gasteiger charge is -2.21. The number of hydrogen-bond donors (Lipinski definition) is 5. The molecule has 184 valence electrons. The van der Waals surface area contributed by atoms with Crippen LogP contribution in [0.2, 0.25) is 5.02 Å². The van der Waals surface area contributed by atoms with Gasteiger partial charge in [-0.1, -0.05) is 29.8 Å². The molecule has 1 aliphatic heterocycles. The van der Waals surface area contributed by atoms with Crippen LogP contribution < -0.4 is 11.0 Å². The second kappa shape index (κ2) is 10.2. The first kappa shape index (κ1) is 24.9. The summed E-state index contributed by atoms with van der Waals surface area (Å²) in [5.74, 6) is -1.25. The molecule has 1 amide bonds. The molecule has 5 N–H and O–H groups in total. The normalized spacial score (nSPS) is 14.2. The van der Waals surface area contributed by atoms with E-state index >= 15 is 0 Å². The number of aliphatic hydroxyl groups is 2. The maximum absolute atomic E-state index is 13.2. The van der Waals surface area contributed by atoms with Gasteiger partial charge in [-0.3, -0.25) is 9.79 Å². The summed E-state index contributed by atoms with van der Waals surface area (Å²) in [6.07, 6.45) is 3.12. The number of aromatic amines is 1. The first-order chi connectivity index (χ1) is 17.3. The Kier molecular flexibility index (Phi) is 7.07. The number of amides is 1. The molecule has 4 rings (SSSR count). The number of carbonyl (C=O) groups is 1. The smallest absolute Gasteiger partial charge is 0.329 e. The number of imidazole rings is 1. The topological polar surface area (TPSA) is 164 Å². The lowest BCUT2D eigenvalue weighted by molar-refractivity contribution is -0.124. The van der Waals surface area contributed by atoms with Gasteiger partial charge in [-0.2, -0.15) is 5.26 Å². The summed E-state index contributed by atoms with van der Waals surface area (Å²) < 4.78 is 0.870. The van der Waals surface area contributed by atoms with E-state index in [1.807, 2.05) is 13.0 Å². The summed E-state index contributed by atoms with van der Waals surface area (Å²) in [7, 11) is 0. The fourth-order valence-electron chi connectivity index (χ4n) is 3.93. The molecule has 0 saturated carbocycles. The molecule has 0 aliphatic carbocycles. The first-order valence-electron chi connectivity index (χ1n) is 10.9. The molecule has 1 unspecified atom stereocenters. The van der Waals surface area contributed by atoms with Crippen molar-refractivity contribution in [2.45, 2.75) is 19.0 Å². The largest absolute Gasteiger partial charge is 0.493 e. The minimum Gasteiger partial charge on any atom is -0.493 e. The number of H-pyrrole nitrogens is 1. The van der Waals surface area contributed by atoms with Gasteiger partial charge in [0.05, 0.1) is 36.6 Å². The van der Waals surface area contributed by atoms with Gasteiger partial charge in [0.2, 0.25) is 11.8 Å². The van der Waals surface area contributed by atoms with Gasteiger partial charge >= 0.3 is 5.69 Å². The Labute approximate surface area is 210 Å². The van der Waals surface area contributed by atoms with Crippen molar-refractivity contribution >= 4 is 41.1 Å². The van der Waals surface area contributed by atoms with Gasteiger partial charge in [-0.25, -0.2) is 9.36 Å². The molecule has 1 aliphatic rings. The van der Waals surface area contributed by atoms with Crippen molar-refractivity contribution in [2.75, 3.05) is 13.2 Å². The molecule has 1 aromatic heterocycles. The SMILES string of the molecule is Cc1c(Cl)ccc2c1N=C/C2=C\c1[nH]c(=O)n(C(C(=O)NC(CO)CO)c2ccc(C#N)cc2)c1O. The van der Waals surface area contributed by atoms with Gasteiger partial charge in [0, 0.05) is 22.4 Å². The van der Waals surface area contributed by atoms with Crippen LogP contribution in [0.15, 0.2) is 46.2 Å². The van der Waals surface area contributed by atoms with Gasteiger partial charge in [-0.05, 0) is 42.3 Å². The molecule has 2 aromatic carbocycles. The number of benzene rings is 2. The highest BCUT2D eigenvalue weighted by molar-refractivity contribution is 6.32. The zero-order chi connectivity index (χ0) is 26.0. The number of aromatic nitrogens is 2. The molecule has 0 saturated heterocycles. The fraction of sp³-hybridized carbons (Fsp3) is 0.200. The van der Waals surface area contributed by atoms with E-state index in [2.05, 4.69) is 15.3 Å². The average molecular weight is 508 g/mol. The number of rotatable bonds is 7. The molecule has 0 spiro atoms. The van der Waals surface area contributed by atoms with Crippen LogP contribution in [-0.4, -0.2) is 56.2 Å². The molecule has 11 heteroatoms. The fourth-order valence-corrected chi connectivity index (χ4v) is 4.09. The average Bonchev–Trinajstić information content (AvgIpc) is 3.41. The van der Waals surface area contributed by atoms with Gasteiger partial charge in [0.25, 0.3) is 0 Å². The van der Waals surface area contributed by atoms with Crippen LogP contribution in [0, 0.1) is 18.3 Å². The number of aliphatic hydroxyl groups excluding tert-OH is 2. The van der Waals surface area contributed by atoms with Crippen LogP contribution >= 0.6 is 11.6 Å². The molecule has 3 aromatic rings. The molecule has 36 heavy (non-hydrogen) atoms. The van der Waals surface area contributed by atoms with Crippen LogP contribution in [-0.2, 0) is 4.79 Å². The van der Waals surface area contributed by atoms with Crippen molar-refractivity contribution < 1.29 is 20.1 Å².